The summed E-state index contributed by atoms with van der Waals surface area (Å²) in [6.45, 7) is 3.94. The van der Waals surface area contributed by atoms with E-state index < -0.39 is 0 Å². The Morgan fingerprint density at radius 1 is 1.30 bits per heavy atom. The van der Waals surface area contributed by atoms with Crippen molar-refractivity contribution >= 4 is 27.5 Å². The van der Waals surface area contributed by atoms with Crippen LogP contribution in [-0.4, -0.2) is 11.1 Å². The van der Waals surface area contributed by atoms with Crippen LogP contribution in [0, 0.1) is 0 Å². The first-order valence-corrected chi connectivity index (χ1v) is 7.47. The van der Waals surface area contributed by atoms with Gasteiger partial charge in [-0.3, -0.25) is 4.98 Å². The Hall–Kier alpha value is -1.10. The average molecular weight is 356 g/mol. The Morgan fingerprint density at radius 2 is 2.05 bits per heavy atom. The second-order valence-electron chi connectivity index (χ2n) is 4.74. The van der Waals surface area contributed by atoms with Gasteiger partial charge in [-0.2, -0.15) is 0 Å². The van der Waals surface area contributed by atoms with Crippen molar-refractivity contribution in [2.75, 3.05) is 0 Å². The summed E-state index contributed by atoms with van der Waals surface area (Å²) in [5.74, 6) is 0.707. The van der Waals surface area contributed by atoms with E-state index in [-0.39, 0.29) is 12.1 Å². The maximum atomic E-state index is 6.28. The van der Waals surface area contributed by atoms with E-state index in [1.165, 1.54) is 0 Å². The second-order valence-corrected chi connectivity index (χ2v) is 5.97. The van der Waals surface area contributed by atoms with E-state index in [9.17, 15) is 0 Å². The molecule has 0 bridgehead atoms. The van der Waals surface area contributed by atoms with Gasteiger partial charge >= 0.3 is 0 Å². The van der Waals surface area contributed by atoms with Gasteiger partial charge in [0.25, 0.3) is 0 Å². The molecule has 0 radical (unpaired) electrons. The number of benzene rings is 1. The lowest BCUT2D eigenvalue weighted by atomic mass is 10.0. The molecule has 1 aromatic heterocycles. The normalized spacial score (nSPS) is 12.5. The van der Waals surface area contributed by atoms with E-state index in [1.54, 1.807) is 12.4 Å². The Kier molecular flexibility index (Phi) is 5.02. The molecule has 2 N–H and O–H groups in total. The second kappa shape index (κ2) is 6.57. The van der Waals surface area contributed by atoms with Gasteiger partial charge in [0.05, 0.1) is 23.4 Å². The molecule has 0 amide bonds. The van der Waals surface area contributed by atoms with Crippen molar-refractivity contribution in [3.8, 4) is 5.75 Å². The van der Waals surface area contributed by atoms with E-state index in [4.69, 9.17) is 22.1 Å². The predicted molar refractivity (Wildman–Crippen MR) is 85.2 cm³/mol. The van der Waals surface area contributed by atoms with Gasteiger partial charge in [-0.25, -0.2) is 0 Å². The van der Waals surface area contributed by atoms with Crippen molar-refractivity contribution in [1.29, 1.82) is 0 Å². The van der Waals surface area contributed by atoms with Gasteiger partial charge in [0.15, 0.2) is 0 Å². The van der Waals surface area contributed by atoms with Crippen LogP contribution in [-0.2, 0) is 0 Å². The number of hydrogen-bond acceptors (Lipinski definition) is 3. The van der Waals surface area contributed by atoms with Crippen LogP contribution in [0.5, 0.6) is 5.75 Å². The molecule has 0 spiro atoms. The van der Waals surface area contributed by atoms with Crippen LogP contribution >= 0.6 is 27.5 Å². The van der Waals surface area contributed by atoms with Gasteiger partial charge < -0.3 is 10.5 Å². The standard InChI is InChI=1S/C15H16BrClN2O/c1-9(2)20-11-6-10(7-19-8-11)15(18)12-4-3-5-13(16)14(12)17/h3-9,15H,18H2,1-2H3. The molecule has 1 atom stereocenters. The number of pyridine rings is 1. The van der Waals surface area contributed by atoms with Gasteiger partial charge in [0, 0.05) is 10.7 Å². The molecule has 3 nitrogen and oxygen atoms in total. The number of nitrogens with two attached hydrogens (primary N) is 1. The summed E-state index contributed by atoms with van der Waals surface area (Å²) in [6.07, 6.45) is 3.51. The first-order chi connectivity index (χ1) is 9.49. The van der Waals surface area contributed by atoms with Crippen molar-refractivity contribution in [3.05, 3.63) is 57.3 Å². The summed E-state index contributed by atoms with van der Waals surface area (Å²) in [5.41, 5.74) is 8.00. The molecule has 0 saturated carbocycles. The number of hydrogen-bond donors (Lipinski definition) is 1. The Balaban J connectivity index is 2.33. The summed E-state index contributed by atoms with van der Waals surface area (Å²) in [4.78, 5) is 4.18. The monoisotopic (exact) mass is 354 g/mol. The number of rotatable bonds is 4. The molecule has 0 aliphatic heterocycles. The molecule has 2 aromatic rings. The number of halogens is 2. The first kappa shape index (κ1) is 15.3. The molecule has 0 aliphatic carbocycles. The van der Waals surface area contributed by atoms with E-state index in [0.717, 1.165) is 15.6 Å². The van der Waals surface area contributed by atoms with Crippen molar-refractivity contribution in [1.82, 2.24) is 4.98 Å². The van der Waals surface area contributed by atoms with E-state index >= 15 is 0 Å². The minimum Gasteiger partial charge on any atom is -0.489 e. The summed E-state index contributed by atoms with van der Waals surface area (Å²) in [5, 5.41) is 0.621. The topological polar surface area (TPSA) is 48.1 Å². The molecule has 1 heterocycles. The van der Waals surface area contributed by atoms with Crippen molar-refractivity contribution in [3.63, 3.8) is 0 Å². The summed E-state index contributed by atoms with van der Waals surface area (Å²) < 4.78 is 6.46. The summed E-state index contributed by atoms with van der Waals surface area (Å²) in [6, 6.07) is 7.26. The molecular formula is C15H16BrClN2O. The van der Waals surface area contributed by atoms with Crippen LogP contribution in [0.4, 0.5) is 0 Å². The SMILES string of the molecule is CC(C)Oc1cncc(C(N)c2cccc(Br)c2Cl)c1. The smallest absolute Gasteiger partial charge is 0.138 e. The van der Waals surface area contributed by atoms with Crippen LogP contribution in [0.2, 0.25) is 5.02 Å². The highest BCUT2D eigenvalue weighted by molar-refractivity contribution is 9.10. The molecule has 5 heteroatoms. The van der Waals surface area contributed by atoms with Crippen LogP contribution in [0.3, 0.4) is 0 Å². The molecule has 0 fully saturated rings. The van der Waals surface area contributed by atoms with E-state index in [0.29, 0.717) is 10.8 Å². The average Bonchev–Trinajstić information content (AvgIpc) is 2.41. The fraction of sp³-hybridized carbons (Fsp3) is 0.267. The minimum atomic E-state index is -0.344. The largest absolute Gasteiger partial charge is 0.489 e. The van der Waals surface area contributed by atoms with Gasteiger partial charge in [-0.05, 0) is 53.0 Å². The number of ether oxygens (including phenoxy) is 1. The molecule has 1 aromatic carbocycles. The molecular weight excluding hydrogens is 340 g/mol. The molecule has 2 rings (SSSR count). The van der Waals surface area contributed by atoms with Crippen LogP contribution in [0.25, 0.3) is 0 Å². The van der Waals surface area contributed by atoms with Gasteiger partial charge in [-0.1, -0.05) is 23.7 Å². The lowest BCUT2D eigenvalue weighted by Crippen LogP contribution is -2.14. The lowest BCUT2D eigenvalue weighted by molar-refractivity contribution is 0.241. The highest BCUT2D eigenvalue weighted by Crippen LogP contribution is 2.32. The van der Waals surface area contributed by atoms with Crippen molar-refractivity contribution in [2.24, 2.45) is 5.73 Å². The number of aromatic nitrogens is 1. The Bertz CT molecular complexity index is 604. The molecule has 106 valence electrons. The van der Waals surface area contributed by atoms with Crippen LogP contribution in [0.15, 0.2) is 41.1 Å². The van der Waals surface area contributed by atoms with Crippen LogP contribution < -0.4 is 10.5 Å². The zero-order chi connectivity index (χ0) is 14.7. The third-order valence-corrected chi connectivity index (χ3v) is 4.09. The maximum absolute atomic E-state index is 6.28. The molecule has 0 saturated heterocycles. The molecule has 20 heavy (non-hydrogen) atoms. The maximum Gasteiger partial charge on any atom is 0.138 e. The quantitative estimate of drug-likeness (QED) is 0.888. The molecule has 1 unspecified atom stereocenters. The first-order valence-electron chi connectivity index (χ1n) is 6.30. The highest BCUT2D eigenvalue weighted by atomic mass is 79.9. The minimum absolute atomic E-state index is 0.0951. The highest BCUT2D eigenvalue weighted by Gasteiger charge is 2.15. The van der Waals surface area contributed by atoms with Crippen LogP contribution in [0.1, 0.15) is 31.0 Å². The Labute approximate surface area is 132 Å². The lowest BCUT2D eigenvalue weighted by Gasteiger charge is -2.16. The van der Waals surface area contributed by atoms with Gasteiger partial charge in [0.1, 0.15) is 5.75 Å². The third kappa shape index (κ3) is 3.51. The van der Waals surface area contributed by atoms with Crippen molar-refractivity contribution < 1.29 is 4.74 Å². The van der Waals surface area contributed by atoms with Gasteiger partial charge in [-0.15, -0.1) is 0 Å². The number of nitrogens with zero attached hydrogens (tertiary/aromatic N) is 1. The Morgan fingerprint density at radius 3 is 2.75 bits per heavy atom. The zero-order valence-corrected chi connectivity index (χ0v) is 13.6. The van der Waals surface area contributed by atoms with E-state index in [1.807, 2.05) is 38.1 Å². The van der Waals surface area contributed by atoms with Crippen molar-refractivity contribution in [2.45, 2.75) is 26.0 Å². The summed E-state index contributed by atoms with van der Waals surface area (Å²) in [7, 11) is 0. The fourth-order valence-electron chi connectivity index (χ4n) is 1.88. The fourth-order valence-corrected chi connectivity index (χ4v) is 2.51. The molecule has 0 aliphatic rings. The predicted octanol–water partition coefficient (Wildman–Crippen LogP) is 4.33. The zero-order valence-electron chi connectivity index (χ0n) is 11.3. The third-order valence-electron chi connectivity index (χ3n) is 2.78. The summed E-state index contributed by atoms with van der Waals surface area (Å²) >= 11 is 9.69. The van der Waals surface area contributed by atoms with E-state index in [2.05, 4.69) is 20.9 Å². The van der Waals surface area contributed by atoms with Gasteiger partial charge in [0.2, 0.25) is 0 Å².